The van der Waals surface area contributed by atoms with E-state index in [4.69, 9.17) is 17.3 Å². The van der Waals surface area contributed by atoms with Crippen molar-refractivity contribution in [1.29, 1.82) is 0 Å². The maximum absolute atomic E-state index is 10.7. The molecule has 0 aromatic heterocycles. The predicted octanol–water partition coefficient (Wildman–Crippen LogP) is 3.01. The molecule has 5 nitrogen and oxygen atoms in total. The molecule has 0 amide bonds. The third-order valence-corrected chi connectivity index (χ3v) is 3.04. The van der Waals surface area contributed by atoms with E-state index in [2.05, 4.69) is 15.8 Å². The van der Waals surface area contributed by atoms with Crippen LogP contribution in [0.1, 0.15) is 21.5 Å². The van der Waals surface area contributed by atoms with Gasteiger partial charge in [-0.15, -0.1) is 0 Å². The minimum Gasteiger partial charge on any atom is -0.478 e. The fraction of sp³-hybridized carbons (Fsp3) is 0.0625. The average Bonchev–Trinajstić information content (AvgIpc) is 2.50. The number of aryl methyl sites for hydroxylation is 1. The van der Waals surface area contributed by atoms with E-state index in [9.17, 15) is 4.79 Å². The number of carboxylic acids is 1. The van der Waals surface area contributed by atoms with Gasteiger partial charge >= 0.3 is 5.97 Å². The fourth-order valence-electron chi connectivity index (χ4n) is 1.67. The van der Waals surface area contributed by atoms with Crippen molar-refractivity contribution in [3.63, 3.8) is 0 Å². The first-order valence-electron chi connectivity index (χ1n) is 6.55. The molecule has 0 saturated heterocycles. The van der Waals surface area contributed by atoms with Crippen LogP contribution in [-0.2, 0) is 0 Å². The third-order valence-electron chi connectivity index (χ3n) is 2.85. The van der Waals surface area contributed by atoms with Gasteiger partial charge in [0.25, 0.3) is 0 Å². The molecule has 2 aromatic rings. The minimum absolute atomic E-state index is 0.238. The lowest BCUT2D eigenvalue weighted by molar-refractivity contribution is 0.0697. The van der Waals surface area contributed by atoms with Crippen LogP contribution >= 0.6 is 12.2 Å². The molecule has 0 aliphatic carbocycles. The van der Waals surface area contributed by atoms with Gasteiger partial charge in [0.2, 0.25) is 0 Å². The van der Waals surface area contributed by atoms with Crippen LogP contribution in [-0.4, -0.2) is 22.4 Å². The molecule has 0 radical (unpaired) electrons. The Balaban J connectivity index is 1.87. The summed E-state index contributed by atoms with van der Waals surface area (Å²) in [7, 11) is 0. The zero-order chi connectivity index (χ0) is 15.9. The molecular weight excluding hydrogens is 298 g/mol. The summed E-state index contributed by atoms with van der Waals surface area (Å²) in [6.45, 7) is 2.01. The zero-order valence-electron chi connectivity index (χ0n) is 11.9. The van der Waals surface area contributed by atoms with Crippen LogP contribution in [0.25, 0.3) is 0 Å². The number of benzene rings is 2. The Morgan fingerprint density at radius 3 is 2.36 bits per heavy atom. The van der Waals surface area contributed by atoms with E-state index in [0.29, 0.717) is 5.11 Å². The molecule has 6 heteroatoms. The van der Waals surface area contributed by atoms with Crippen molar-refractivity contribution in [3.8, 4) is 0 Å². The summed E-state index contributed by atoms with van der Waals surface area (Å²) in [6, 6.07) is 14.2. The van der Waals surface area contributed by atoms with Gasteiger partial charge in [-0.2, -0.15) is 5.10 Å². The van der Waals surface area contributed by atoms with Crippen molar-refractivity contribution >= 4 is 35.2 Å². The van der Waals surface area contributed by atoms with Crippen LogP contribution in [0.4, 0.5) is 5.69 Å². The van der Waals surface area contributed by atoms with Gasteiger partial charge < -0.3 is 10.4 Å². The van der Waals surface area contributed by atoms with Gasteiger partial charge in [-0.05, 0) is 49.0 Å². The van der Waals surface area contributed by atoms with Crippen LogP contribution in [0.5, 0.6) is 0 Å². The number of nitrogens with zero attached hydrogens (tertiary/aromatic N) is 1. The zero-order valence-corrected chi connectivity index (χ0v) is 12.7. The first kappa shape index (κ1) is 15.7. The molecule has 0 unspecified atom stereocenters. The number of anilines is 1. The van der Waals surface area contributed by atoms with Crippen LogP contribution in [0, 0.1) is 6.92 Å². The second-order valence-corrected chi connectivity index (χ2v) is 5.03. The standard InChI is InChI=1S/C16H15N3O2S/c1-11-2-8-14(9-3-11)18-16(22)19-17-10-12-4-6-13(7-5-12)15(20)21/h2-10H,1H3,(H,20,21)(H2,18,19,22)/b17-10-. The van der Waals surface area contributed by atoms with Crippen LogP contribution in [0.15, 0.2) is 53.6 Å². The van der Waals surface area contributed by atoms with E-state index in [-0.39, 0.29) is 5.56 Å². The fourth-order valence-corrected chi connectivity index (χ4v) is 1.84. The van der Waals surface area contributed by atoms with Gasteiger partial charge in [-0.1, -0.05) is 29.8 Å². The molecule has 0 saturated carbocycles. The molecule has 0 spiro atoms. The largest absolute Gasteiger partial charge is 0.478 e. The summed E-state index contributed by atoms with van der Waals surface area (Å²) in [5, 5.41) is 16.2. The number of thiocarbonyl (C=S) groups is 1. The summed E-state index contributed by atoms with van der Waals surface area (Å²) < 4.78 is 0. The molecule has 0 fully saturated rings. The van der Waals surface area contributed by atoms with E-state index in [1.807, 2.05) is 31.2 Å². The average molecular weight is 313 g/mol. The Bertz CT molecular complexity index is 694. The minimum atomic E-state index is -0.954. The van der Waals surface area contributed by atoms with Crippen molar-refractivity contribution in [2.24, 2.45) is 5.10 Å². The Kier molecular flexibility index (Phi) is 5.21. The number of hydrogen-bond acceptors (Lipinski definition) is 3. The number of rotatable bonds is 4. The number of carbonyl (C=O) groups is 1. The number of carboxylic acid groups (broad SMARTS) is 1. The maximum atomic E-state index is 10.7. The highest BCUT2D eigenvalue weighted by molar-refractivity contribution is 7.80. The normalized spacial score (nSPS) is 10.4. The van der Waals surface area contributed by atoms with E-state index >= 15 is 0 Å². The van der Waals surface area contributed by atoms with Crippen molar-refractivity contribution in [2.75, 3.05) is 5.32 Å². The van der Waals surface area contributed by atoms with Gasteiger partial charge in [0.05, 0.1) is 11.8 Å². The smallest absolute Gasteiger partial charge is 0.335 e. The van der Waals surface area contributed by atoms with E-state index in [0.717, 1.165) is 11.3 Å². The third kappa shape index (κ3) is 4.68. The van der Waals surface area contributed by atoms with E-state index in [1.165, 1.54) is 17.7 Å². The van der Waals surface area contributed by atoms with Gasteiger partial charge in [0.15, 0.2) is 5.11 Å². The summed E-state index contributed by atoms with van der Waals surface area (Å²) in [4.78, 5) is 10.7. The number of nitrogens with one attached hydrogen (secondary N) is 2. The van der Waals surface area contributed by atoms with E-state index < -0.39 is 5.97 Å². The van der Waals surface area contributed by atoms with Gasteiger partial charge in [-0.3, -0.25) is 5.43 Å². The molecule has 2 aromatic carbocycles. The Hall–Kier alpha value is -2.73. The predicted molar refractivity (Wildman–Crippen MR) is 91.5 cm³/mol. The summed E-state index contributed by atoms with van der Waals surface area (Å²) in [5.41, 5.74) is 5.77. The molecule has 3 N–H and O–H groups in total. The molecule has 22 heavy (non-hydrogen) atoms. The second kappa shape index (κ2) is 7.33. The van der Waals surface area contributed by atoms with Crippen molar-refractivity contribution in [2.45, 2.75) is 6.92 Å². The van der Waals surface area contributed by atoms with Crippen molar-refractivity contribution in [3.05, 3.63) is 65.2 Å². The SMILES string of the molecule is Cc1ccc(NC(=S)N/N=C\c2ccc(C(=O)O)cc2)cc1. The molecular formula is C16H15N3O2S. The summed E-state index contributed by atoms with van der Waals surface area (Å²) in [6.07, 6.45) is 1.56. The molecule has 0 aliphatic heterocycles. The maximum Gasteiger partial charge on any atom is 0.335 e. The van der Waals surface area contributed by atoms with Gasteiger partial charge in [0, 0.05) is 5.69 Å². The van der Waals surface area contributed by atoms with Crippen molar-refractivity contribution in [1.82, 2.24) is 5.43 Å². The van der Waals surface area contributed by atoms with Crippen LogP contribution in [0.3, 0.4) is 0 Å². The second-order valence-electron chi connectivity index (χ2n) is 4.62. The summed E-state index contributed by atoms with van der Waals surface area (Å²) in [5.74, 6) is -0.954. The highest BCUT2D eigenvalue weighted by Gasteiger charge is 2.00. The first-order chi connectivity index (χ1) is 10.5. The number of hydrazone groups is 1. The van der Waals surface area contributed by atoms with Crippen LogP contribution < -0.4 is 10.7 Å². The van der Waals surface area contributed by atoms with E-state index in [1.54, 1.807) is 18.3 Å². The highest BCUT2D eigenvalue weighted by atomic mass is 32.1. The summed E-state index contributed by atoms with van der Waals surface area (Å²) >= 11 is 5.13. The molecule has 0 atom stereocenters. The number of hydrogen-bond donors (Lipinski definition) is 3. The number of aromatic carboxylic acids is 1. The lowest BCUT2D eigenvalue weighted by Gasteiger charge is -2.06. The molecule has 2 rings (SSSR count). The topological polar surface area (TPSA) is 73.7 Å². The van der Waals surface area contributed by atoms with Gasteiger partial charge in [-0.25, -0.2) is 4.79 Å². The quantitative estimate of drug-likeness (QED) is 0.460. The Morgan fingerprint density at radius 2 is 1.77 bits per heavy atom. The van der Waals surface area contributed by atoms with Crippen LogP contribution in [0.2, 0.25) is 0 Å². The van der Waals surface area contributed by atoms with Gasteiger partial charge in [0.1, 0.15) is 0 Å². The Morgan fingerprint density at radius 1 is 1.14 bits per heavy atom. The first-order valence-corrected chi connectivity index (χ1v) is 6.95. The molecule has 0 heterocycles. The molecule has 0 bridgehead atoms. The van der Waals surface area contributed by atoms with Crippen molar-refractivity contribution < 1.29 is 9.90 Å². The monoisotopic (exact) mass is 313 g/mol. The lowest BCUT2D eigenvalue weighted by Crippen LogP contribution is -2.23. The molecule has 0 aliphatic rings. The highest BCUT2D eigenvalue weighted by Crippen LogP contribution is 2.08. The molecule has 112 valence electrons. The lowest BCUT2D eigenvalue weighted by atomic mass is 10.1. The Labute approximate surface area is 133 Å².